The number of benzene rings is 2. The van der Waals surface area contributed by atoms with Crippen molar-refractivity contribution in [1.82, 2.24) is 10.2 Å². The molecule has 0 bridgehead atoms. The Morgan fingerprint density at radius 1 is 1.10 bits per heavy atom. The first-order valence-corrected chi connectivity index (χ1v) is 11.1. The van der Waals surface area contributed by atoms with Gasteiger partial charge in [-0.15, -0.1) is 0 Å². The molecule has 0 radical (unpaired) electrons. The third-order valence-electron chi connectivity index (χ3n) is 7.01. The van der Waals surface area contributed by atoms with Crippen LogP contribution in [0.1, 0.15) is 66.6 Å². The minimum atomic E-state index is -0.722. The number of hydrogen-bond donors (Lipinski definition) is 1. The van der Waals surface area contributed by atoms with Crippen LogP contribution in [0.25, 0.3) is 0 Å². The van der Waals surface area contributed by atoms with E-state index in [9.17, 15) is 14.4 Å². The summed E-state index contributed by atoms with van der Waals surface area (Å²) in [4.78, 5) is 42.3. The molecule has 3 aliphatic rings. The molecule has 1 aliphatic carbocycles. The predicted octanol–water partition coefficient (Wildman–Crippen LogP) is 3.57. The molecule has 0 spiro atoms. The zero-order valence-corrected chi connectivity index (χ0v) is 17.8. The summed E-state index contributed by atoms with van der Waals surface area (Å²) in [5.74, 6) is -0.150. The van der Waals surface area contributed by atoms with Crippen molar-refractivity contribution < 1.29 is 14.4 Å². The van der Waals surface area contributed by atoms with Crippen molar-refractivity contribution in [1.29, 1.82) is 0 Å². The average Bonchev–Trinajstić information content (AvgIpc) is 3.09. The molecule has 2 heterocycles. The van der Waals surface area contributed by atoms with Crippen molar-refractivity contribution in [3.63, 3.8) is 0 Å². The number of nitrogens with one attached hydrogen (secondary N) is 1. The second-order valence-corrected chi connectivity index (χ2v) is 8.88. The largest absolute Gasteiger partial charge is 0.349 e. The van der Waals surface area contributed by atoms with Gasteiger partial charge in [-0.3, -0.25) is 19.3 Å². The lowest BCUT2D eigenvalue weighted by molar-refractivity contribution is -0.122. The SMILES string of the molecule is CC12CCC(=O)N1c1ccccc1C(=O)N2CCC(=O)NC1CCCc2ccccc21. The van der Waals surface area contributed by atoms with Crippen LogP contribution in [0.2, 0.25) is 0 Å². The molecule has 2 aliphatic heterocycles. The molecular formula is C25H27N3O3. The van der Waals surface area contributed by atoms with E-state index in [1.54, 1.807) is 15.9 Å². The van der Waals surface area contributed by atoms with E-state index in [-0.39, 0.29) is 36.7 Å². The van der Waals surface area contributed by atoms with Crippen LogP contribution in [0.3, 0.4) is 0 Å². The first kappa shape index (κ1) is 19.8. The molecule has 3 amide bonds. The Bertz CT molecular complexity index is 1070. The van der Waals surface area contributed by atoms with Crippen LogP contribution < -0.4 is 10.2 Å². The van der Waals surface area contributed by atoms with Crippen molar-refractivity contribution in [2.45, 2.75) is 57.2 Å². The molecule has 1 fully saturated rings. The first-order valence-electron chi connectivity index (χ1n) is 11.1. The normalized spacial score (nSPS) is 24.5. The predicted molar refractivity (Wildman–Crippen MR) is 117 cm³/mol. The molecule has 1 N–H and O–H groups in total. The fourth-order valence-corrected chi connectivity index (χ4v) is 5.43. The molecule has 160 valence electrons. The molecule has 2 atom stereocenters. The number of para-hydroxylation sites is 1. The zero-order chi connectivity index (χ0) is 21.6. The molecule has 1 saturated heterocycles. The average molecular weight is 418 g/mol. The minimum absolute atomic E-state index is 0.0235. The quantitative estimate of drug-likeness (QED) is 0.827. The van der Waals surface area contributed by atoms with Gasteiger partial charge in [-0.25, -0.2) is 0 Å². The summed E-state index contributed by atoms with van der Waals surface area (Å²) in [6.45, 7) is 2.22. The van der Waals surface area contributed by atoms with Crippen molar-refractivity contribution in [2.24, 2.45) is 0 Å². The van der Waals surface area contributed by atoms with Gasteiger partial charge >= 0.3 is 0 Å². The summed E-state index contributed by atoms with van der Waals surface area (Å²) in [5.41, 5.74) is 2.98. The van der Waals surface area contributed by atoms with Crippen molar-refractivity contribution in [2.75, 3.05) is 11.4 Å². The van der Waals surface area contributed by atoms with Gasteiger partial charge in [0.05, 0.1) is 17.3 Å². The maximum absolute atomic E-state index is 13.3. The highest BCUT2D eigenvalue weighted by atomic mass is 16.2. The number of carbonyl (C=O) groups excluding carboxylic acids is 3. The van der Waals surface area contributed by atoms with E-state index < -0.39 is 5.66 Å². The van der Waals surface area contributed by atoms with Gasteiger partial charge in [0.25, 0.3) is 5.91 Å². The van der Waals surface area contributed by atoms with E-state index >= 15 is 0 Å². The first-order chi connectivity index (χ1) is 15.0. The highest BCUT2D eigenvalue weighted by Gasteiger charge is 2.52. The van der Waals surface area contributed by atoms with E-state index in [4.69, 9.17) is 0 Å². The van der Waals surface area contributed by atoms with Gasteiger partial charge in [0, 0.05) is 19.4 Å². The molecule has 2 unspecified atom stereocenters. The zero-order valence-electron chi connectivity index (χ0n) is 17.8. The molecule has 0 aromatic heterocycles. The summed E-state index contributed by atoms with van der Waals surface area (Å²) < 4.78 is 0. The monoisotopic (exact) mass is 417 g/mol. The van der Waals surface area contributed by atoms with Gasteiger partial charge in [0.15, 0.2) is 0 Å². The Morgan fingerprint density at radius 2 is 1.87 bits per heavy atom. The summed E-state index contributed by atoms with van der Waals surface area (Å²) in [6.07, 6.45) is 4.22. The molecule has 6 heteroatoms. The lowest BCUT2D eigenvalue weighted by Gasteiger charge is -2.48. The van der Waals surface area contributed by atoms with Crippen molar-refractivity contribution >= 4 is 23.4 Å². The minimum Gasteiger partial charge on any atom is -0.349 e. The Morgan fingerprint density at radius 3 is 2.74 bits per heavy atom. The van der Waals surface area contributed by atoms with Gasteiger partial charge in [0.2, 0.25) is 11.8 Å². The second kappa shape index (κ2) is 7.52. The maximum atomic E-state index is 13.3. The van der Waals surface area contributed by atoms with Gasteiger partial charge in [-0.2, -0.15) is 0 Å². The number of aryl methyl sites for hydroxylation is 1. The topological polar surface area (TPSA) is 69.7 Å². The van der Waals surface area contributed by atoms with Gasteiger partial charge in [-0.05, 0) is 55.9 Å². The van der Waals surface area contributed by atoms with Crippen LogP contribution in [-0.4, -0.2) is 34.8 Å². The van der Waals surface area contributed by atoms with Crippen LogP contribution in [0.4, 0.5) is 5.69 Å². The summed E-state index contributed by atoms with van der Waals surface area (Å²) in [7, 11) is 0. The van der Waals surface area contributed by atoms with E-state index in [1.807, 2.05) is 37.3 Å². The number of carbonyl (C=O) groups is 3. The number of hydrogen-bond acceptors (Lipinski definition) is 3. The highest BCUT2D eigenvalue weighted by molar-refractivity contribution is 6.10. The Labute approximate surface area is 182 Å². The fraction of sp³-hybridized carbons (Fsp3) is 0.400. The second-order valence-electron chi connectivity index (χ2n) is 8.88. The number of fused-ring (bicyclic) bond motifs is 4. The fourth-order valence-electron chi connectivity index (χ4n) is 5.43. The standard InChI is InChI=1S/C25H27N3O3/c1-25-15-13-23(30)28(25)21-12-5-4-10-19(21)24(31)27(25)16-14-22(29)26-20-11-6-8-17-7-2-3-9-18(17)20/h2-5,7,9-10,12,20H,6,8,11,13-16H2,1H3,(H,26,29). The van der Waals surface area contributed by atoms with E-state index in [1.165, 1.54) is 11.1 Å². The van der Waals surface area contributed by atoms with Crippen LogP contribution in [0.5, 0.6) is 0 Å². The van der Waals surface area contributed by atoms with Crippen LogP contribution in [0.15, 0.2) is 48.5 Å². The Kier molecular flexibility index (Phi) is 4.80. The highest BCUT2D eigenvalue weighted by Crippen LogP contribution is 2.44. The van der Waals surface area contributed by atoms with Gasteiger partial charge < -0.3 is 10.2 Å². The van der Waals surface area contributed by atoms with Gasteiger partial charge in [0.1, 0.15) is 5.66 Å². The number of nitrogens with zero attached hydrogens (tertiary/aromatic N) is 2. The van der Waals surface area contributed by atoms with Crippen LogP contribution >= 0.6 is 0 Å². The van der Waals surface area contributed by atoms with Gasteiger partial charge in [-0.1, -0.05) is 36.4 Å². The van der Waals surface area contributed by atoms with Crippen molar-refractivity contribution in [3.8, 4) is 0 Å². The van der Waals surface area contributed by atoms with E-state index in [0.717, 1.165) is 19.3 Å². The molecular weight excluding hydrogens is 390 g/mol. The summed E-state index contributed by atoms with van der Waals surface area (Å²) >= 11 is 0. The van der Waals surface area contributed by atoms with E-state index in [2.05, 4.69) is 17.4 Å². The molecule has 2 aromatic carbocycles. The molecule has 5 rings (SSSR count). The lowest BCUT2D eigenvalue weighted by Crippen LogP contribution is -2.62. The number of anilines is 1. The molecule has 2 aromatic rings. The molecule has 31 heavy (non-hydrogen) atoms. The molecule has 0 saturated carbocycles. The Hall–Kier alpha value is -3.15. The maximum Gasteiger partial charge on any atom is 0.257 e. The van der Waals surface area contributed by atoms with Crippen LogP contribution in [-0.2, 0) is 16.0 Å². The number of rotatable bonds is 4. The van der Waals surface area contributed by atoms with E-state index in [0.29, 0.717) is 24.1 Å². The third-order valence-corrected chi connectivity index (χ3v) is 7.01. The van der Waals surface area contributed by atoms with Crippen molar-refractivity contribution in [3.05, 3.63) is 65.2 Å². The third kappa shape index (κ3) is 3.21. The van der Waals surface area contributed by atoms with Crippen LogP contribution in [0, 0.1) is 0 Å². The summed E-state index contributed by atoms with van der Waals surface area (Å²) in [5, 5.41) is 3.17. The molecule has 6 nitrogen and oxygen atoms in total. The smallest absolute Gasteiger partial charge is 0.257 e. The summed E-state index contributed by atoms with van der Waals surface area (Å²) in [6, 6.07) is 15.5. The lowest BCUT2D eigenvalue weighted by atomic mass is 9.87. The number of amides is 3. The Balaban J connectivity index is 1.33.